The van der Waals surface area contributed by atoms with Gasteiger partial charge in [-0.3, -0.25) is 4.79 Å². The van der Waals surface area contributed by atoms with E-state index in [4.69, 9.17) is 5.10 Å². The first kappa shape index (κ1) is 23.9. The van der Waals surface area contributed by atoms with Gasteiger partial charge in [-0.25, -0.2) is 4.68 Å². The fourth-order valence-electron chi connectivity index (χ4n) is 5.04. The zero-order chi connectivity index (χ0) is 25.2. The molecule has 36 heavy (non-hydrogen) atoms. The van der Waals surface area contributed by atoms with Crippen molar-refractivity contribution in [1.29, 1.82) is 0 Å². The highest BCUT2D eigenvalue weighted by Gasteiger charge is 2.30. The molecule has 5 rings (SSSR count). The Labute approximate surface area is 214 Å². The number of carbonyl (C=O) groups excluding carboxylic acids is 1. The van der Waals surface area contributed by atoms with Crippen molar-refractivity contribution in [2.75, 3.05) is 19.6 Å². The number of fused-ring (bicyclic) bond motifs is 1. The van der Waals surface area contributed by atoms with Crippen molar-refractivity contribution in [2.45, 2.75) is 39.7 Å². The molecule has 184 valence electrons. The van der Waals surface area contributed by atoms with Crippen LogP contribution in [0.3, 0.4) is 0 Å². The lowest BCUT2D eigenvalue weighted by atomic mass is 10.0. The first-order chi connectivity index (χ1) is 17.4. The summed E-state index contributed by atoms with van der Waals surface area (Å²) in [6, 6.07) is 18.4. The Balaban J connectivity index is 1.37. The molecule has 0 spiro atoms. The van der Waals surface area contributed by atoms with Crippen LogP contribution in [0, 0.1) is 13.8 Å². The first-order valence-electron chi connectivity index (χ1n) is 12.8. The molecule has 2 aliphatic rings. The zero-order valence-corrected chi connectivity index (χ0v) is 21.4. The second-order valence-electron chi connectivity index (χ2n) is 9.86. The average molecular weight is 479 g/mol. The molecule has 0 N–H and O–H groups in total. The molecular formula is C31H34N4O. The summed E-state index contributed by atoms with van der Waals surface area (Å²) in [5, 5.41) is 5.06. The third-order valence-corrected chi connectivity index (χ3v) is 7.36. The molecule has 2 aromatic carbocycles. The van der Waals surface area contributed by atoms with Gasteiger partial charge in [0.15, 0.2) is 0 Å². The molecule has 2 aliphatic heterocycles. The molecule has 5 heteroatoms. The highest BCUT2D eigenvalue weighted by molar-refractivity contribution is 5.94. The summed E-state index contributed by atoms with van der Waals surface area (Å²) in [6.07, 6.45) is 8.41. The van der Waals surface area contributed by atoms with Gasteiger partial charge in [0.2, 0.25) is 0 Å². The molecule has 0 saturated carbocycles. The van der Waals surface area contributed by atoms with Crippen molar-refractivity contribution < 1.29 is 4.79 Å². The van der Waals surface area contributed by atoms with Crippen LogP contribution in [0.5, 0.6) is 0 Å². The Hall–Kier alpha value is -3.86. The predicted molar refractivity (Wildman–Crippen MR) is 147 cm³/mol. The summed E-state index contributed by atoms with van der Waals surface area (Å²) < 4.78 is 2.09. The van der Waals surface area contributed by atoms with Crippen molar-refractivity contribution >= 4 is 17.3 Å². The van der Waals surface area contributed by atoms with E-state index in [9.17, 15) is 4.79 Å². The molecule has 1 aromatic heterocycles. The van der Waals surface area contributed by atoms with Crippen LogP contribution in [0.2, 0.25) is 0 Å². The summed E-state index contributed by atoms with van der Waals surface area (Å²) in [4.78, 5) is 17.3. The van der Waals surface area contributed by atoms with Gasteiger partial charge in [0.25, 0.3) is 5.91 Å². The number of amides is 1. The number of aromatic nitrogens is 2. The Bertz CT molecular complexity index is 1350. The van der Waals surface area contributed by atoms with Crippen LogP contribution in [-0.4, -0.2) is 51.2 Å². The molecule has 0 radical (unpaired) electrons. The van der Waals surface area contributed by atoms with E-state index in [1.165, 1.54) is 16.8 Å². The van der Waals surface area contributed by atoms with E-state index < -0.39 is 0 Å². The Morgan fingerprint density at radius 1 is 1.03 bits per heavy atom. The third-order valence-electron chi connectivity index (χ3n) is 7.36. The molecule has 1 atom stereocenters. The lowest BCUT2D eigenvalue weighted by Gasteiger charge is -2.41. The van der Waals surface area contributed by atoms with Crippen LogP contribution in [0.1, 0.15) is 51.8 Å². The molecule has 0 aliphatic carbocycles. The van der Waals surface area contributed by atoms with Gasteiger partial charge in [-0.15, -0.1) is 0 Å². The van der Waals surface area contributed by atoms with Crippen molar-refractivity contribution in [2.24, 2.45) is 0 Å². The van der Waals surface area contributed by atoms with Crippen molar-refractivity contribution in [3.05, 3.63) is 113 Å². The maximum atomic E-state index is 13.0. The molecule has 3 heterocycles. The first-order valence-corrected chi connectivity index (χ1v) is 12.8. The largest absolute Gasteiger partial charge is 0.366 e. The van der Waals surface area contributed by atoms with E-state index in [1.807, 2.05) is 35.2 Å². The van der Waals surface area contributed by atoms with Crippen molar-refractivity contribution in [3.8, 4) is 0 Å². The van der Waals surface area contributed by atoms with Gasteiger partial charge in [0.1, 0.15) is 5.69 Å². The van der Waals surface area contributed by atoms with Gasteiger partial charge < -0.3 is 9.80 Å². The van der Waals surface area contributed by atoms with Gasteiger partial charge in [0, 0.05) is 42.5 Å². The SMILES string of the molecule is C=C(c1cc2n(n1)/C(c1ccc(C)c(C)c1)=C\C=C/CC2)N1CCN(C(=O)c2ccccc2)[C@@H](C)C1. The van der Waals surface area contributed by atoms with Gasteiger partial charge in [0.05, 0.1) is 11.4 Å². The van der Waals surface area contributed by atoms with E-state index in [2.05, 4.69) is 79.4 Å². The minimum atomic E-state index is 0.0852. The highest BCUT2D eigenvalue weighted by Crippen LogP contribution is 2.28. The second kappa shape index (κ2) is 10.0. The summed E-state index contributed by atoms with van der Waals surface area (Å²) in [5.41, 5.74) is 8.54. The summed E-state index contributed by atoms with van der Waals surface area (Å²) >= 11 is 0. The fraction of sp³-hybridized carbons (Fsp3) is 0.290. The smallest absolute Gasteiger partial charge is 0.254 e. The number of hydrogen-bond acceptors (Lipinski definition) is 3. The molecule has 1 fully saturated rings. The number of nitrogens with zero attached hydrogens (tertiary/aromatic N) is 4. The van der Waals surface area contributed by atoms with Crippen LogP contribution in [-0.2, 0) is 6.42 Å². The molecule has 5 nitrogen and oxygen atoms in total. The maximum Gasteiger partial charge on any atom is 0.254 e. The van der Waals surface area contributed by atoms with Crippen LogP contribution < -0.4 is 0 Å². The van der Waals surface area contributed by atoms with Gasteiger partial charge in [-0.1, -0.05) is 49.1 Å². The Morgan fingerprint density at radius 2 is 1.83 bits per heavy atom. The van der Waals surface area contributed by atoms with E-state index in [0.717, 1.165) is 54.1 Å². The average Bonchev–Trinajstić information content (AvgIpc) is 3.28. The minimum Gasteiger partial charge on any atom is -0.366 e. The highest BCUT2D eigenvalue weighted by atomic mass is 16.2. The molecule has 0 unspecified atom stereocenters. The van der Waals surface area contributed by atoms with Crippen LogP contribution in [0.15, 0.2) is 79.4 Å². The maximum absolute atomic E-state index is 13.0. The number of piperazine rings is 1. The van der Waals surface area contributed by atoms with E-state index in [0.29, 0.717) is 6.54 Å². The summed E-state index contributed by atoms with van der Waals surface area (Å²) in [6.45, 7) is 13.0. The molecule has 0 bridgehead atoms. The number of rotatable bonds is 4. The van der Waals surface area contributed by atoms with Crippen LogP contribution in [0.25, 0.3) is 11.4 Å². The topological polar surface area (TPSA) is 41.4 Å². The fourth-order valence-corrected chi connectivity index (χ4v) is 5.04. The van der Waals surface area contributed by atoms with Gasteiger partial charge in [-0.05, 0) is 75.1 Å². The van der Waals surface area contributed by atoms with Crippen molar-refractivity contribution in [3.63, 3.8) is 0 Å². The second-order valence-corrected chi connectivity index (χ2v) is 9.86. The van der Waals surface area contributed by atoms with Gasteiger partial charge in [-0.2, -0.15) is 5.10 Å². The molecule has 3 aromatic rings. The third kappa shape index (κ3) is 4.66. The Morgan fingerprint density at radius 3 is 2.58 bits per heavy atom. The molecule has 1 amide bonds. The Kier molecular flexibility index (Phi) is 6.64. The zero-order valence-electron chi connectivity index (χ0n) is 21.4. The van der Waals surface area contributed by atoms with Crippen LogP contribution >= 0.6 is 0 Å². The van der Waals surface area contributed by atoms with E-state index in [-0.39, 0.29) is 11.9 Å². The monoisotopic (exact) mass is 478 g/mol. The van der Waals surface area contributed by atoms with Crippen LogP contribution in [0.4, 0.5) is 0 Å². The lowest BCUT2D eigenvalue weighted by molar-refractivity contribution is 0.0571. The molecular weight excluding hydrogens is 444 g/mol. The number of carbonyl (C=O) groups is 1. The number of benzene rings is 2. The number of hydrogen-bond donors (Lipinski definition) is 0. The van der Waals surface area contributed by atoms with Gasteiger partial charge >= 0.3 is 0 Å². The number of allylic oxidation sites excluding steroid dienone is 3. The van der Waals surface area contributed by atoms with E-state index in [1.54, 1.807) is 0 Å². The molecule has 1 saturated heterocycles. The predicted octanol–water partition coefficient (Wildman–Crippen LogP) is 5.71. The lowest BCUT2D eigenvalue weighted by Crippen LogP contribution is -2.53. The van der Waals surface area contributed by atoms with Crippen molar-refractivity contribution in [1.82, 2.24) is 19.6 Å². The quantitative estimate of drug-likeness (QED) is 0.482. The summed E-state index contributed by atoms with van der Waals surface area (Å²) in [7, 11) is 0. The minimum absolute atomic E-state index is 0.0852. The summed E-state index contributed by atoms with van der Waals surface area (Å²) in [5.74, 6) is 0.0917. The standard InChI is InChI=1S/C31H34N4O/c1-22-15-16-27(19-23(22)2)30-14-10-6-9-13-28-20-29(32-35(28)30)25(4)33-17-18-34(24(3)21-33)31(36)26-11-7-5-8-12-26/h5-8,10-12,14-16,19-20,24H,4,9,13,17-18,21H2,1-3H3/b10-6-,30-14-/t24-/m0/s1. The normalized spacial score (nSPS) is 20.1. The van der Waals surface area contributed by atoms with E-state index >= 15 is 0 Å². The number of aryl methyl sites for hydroxylation is 3.